The summed E-state index contributed by atoms with van der Waals surface area (Å²) in [5.74, 6) is -0.988. The van der Waals surface area contributed by atoms with Crippen molar-refractivity contribution in [3.63, 3.8) is 0 Å². The van der Waals surface area contributed by atoms with Crippen molar-refractivity contribution in [2.24, 2.45) is 10.7 Å². The minimum atomic E-state index is -3.87. The summed E-state index contributed by atoms with van der Waals surface area (Å²) in [6, 6.07) is 10.4. The molecule has 0 aliphatic carbocycles. The maximum absolute atomic E-state index is 12.9. The Kier molecular flexibility index (Phi) is 10.1. The van der Waals surface area contributed by atoms with Crippen molar-refractivity contribution in [1.82, 2.24) is 20.2 Å². The van der Waals surface area contributed by atoms with Crippen molar-refractivity contribution in [1.29, 1.82) is 0 Å². The highest BCUT2D eigenvalue weighted by molar-refractivity contribution is 7.91. The number of nitrogens with zero attached hydrogens (tertiary/aromatic N) is 3. The molecule has 12 nitrogen and oxygen atoms in total. The number of aliphatic imine (C=N–C) groups is 1. The number of nitrogens with one attached hydrogen (secondary N) is 3. The summed E-state index contributed by atoms with van der Waals surface area (Å²) >= 11 is 1.16. The molecule has 0 unspecified atom stereocenters. The van der Waals surface area contributed by atoms with Crippen molar-refractivity contribution in [3.05, 3.63) is 81.2 Å². The number of carbonyl (C=O) groups excluding carboxylic acids is 2. The van der Waals surface area contributed by atoms with E-state index in [4.69, 9.17) is 5.73 Å². The van der Waals surface area contributed by atoms with Gasteiger partial charge in [-0.05, 0) is 30.5 Å². The average molecular weight is 560 g/mol. The highest BCUT2D eigenvalue weighted by Crippen LogP contribution is 2.12. The number of hydrogen-bond donors (Lipinski definition) is 4. The lowest BCUT2D eigenvalue weighted by molar-refractivity contribution is -0.122. The van der Waals surface area contributed by atoms with Crippen LogP contribution in [0.2, 0.25) is 0 Å². The first-order valence-corrected chi connectivity index (χ1v) is 14.1. The number of guanidine groups is 1. The lowest BCUT2D eigenvalue weighted by atomic mass is 10.1. The van der Waals surface area contributed by atoms with Gasteiger partial charge in [0, 0.05) is 31.4 Å². The van der Waals surface area contributed by atoms with Gasteiger partial charge in [0.25, 0.3) is 5.56 Å². The Morgan fingerprint density at radius 1 is 1.18 bits per heavy atom. The van der Waals surface area contributed by atoms with Crippen molar-refractivity contribution in [2.75, 3.05) is 18.3 Å². The summed E-state index contributed by atoms with van der Waals surface area (Å²) in [6.07, 6.45) is 3.66. The second-order valence-corrected chi connectivity index (χ2v) is 10.8. The number of pyridine rings is 1. The molecule has 0 aliphatic rings. The normalized spacial score (nSPS) is 12.5. The standard InChI is InChI=1S/C24H29N7O5S2/c1-26-24(25)28-11-5-9-18(21(33)22-27-12-14-37-22)29-20(32)15-31-13-6-10-19(23(31)34)30-38(35,36)16-17-7-3-2-4-8-17/h2-4,6-8,10,12-14,18,30H,5,9,11,15-16H2,1H3,(H,29,32)(H3,25,26,28)/t18-/m0/s1. The first-order valence-electron chi connectivity index (χ1n) is 11.6. The number of carbonyl (C=O) groups is 2. The van der Waals surface area contributed by atoms with Crippen LogP contribution >= 0.6 is 11.3 Å². The molecule has 2 aromatic heterocycles. The minimum absolute atomic E-state index is 0.187. The fourth-order valence-corrected chi connectivity index (χ4v) is 5.32. The van der Waals surface area contributed by atoms with Crippen molar-refractivity contribution in [2.45, 2.75) is 31.2 Å². The van der Waals surface area contributed by atoms with E-state index in [2.05, 4.69) is 25.3 Å². The summed E-state index contributed by atoms with van der Waals surface area (Å²) in [4.78, 5) is 46.5. The molecule has 14 heteroatoms. The molecule has 0 spiro atoms. The Bertz CT molecular complexity index is 1420. The number of rotatable bonds is 13. The average Bonchev–Trinajstić information content (AvgIpc) is 3.43. The number of aromatic nitrogens is 2. The Labute approximate surface area is 224 Å². The quantitative estimate of drug-likeness (QED) is 0.103. The molecule has 0 radical (unpaired) electrons. The third-order valence-electron chi connectivity index (χ3n) is 5.31. The van der Waals surface area contributed by atoms with E-state index in [0.29, 0.717) is 24.9 Å². The molecule has 0 bridgehead atoms. The molecule has 5 N–H and O–H groups in total. The van der Waals surface area contributed by atoms with Crippen LogP contribution in [0.15, 0.2) is 70.0 Å². The van der Waals surface area contributed by atoms with Gasteiger partial charge in [0.2, 0.25) is 21.7 Å². The number of amides is 1. The third-order valence-corrected chi connectivity index (χ3v) is 7.34. The summed E-state index contributed by atoms with van der Waals surface area (Å²) in [7, 11) is -2.33. The Balaban J connectivity index is 1.68. The first-order chi connectivity index (χ1) is 18.2. The topological polar surface area (TPSA) is 178 Å². The van der Waals surface area contributed by atoms with Gasteiger partial charge in [-0.1, -0.05) is 30.3 Å². The fraction of sp³-hybridized carbons (Fsp3) is 0.292. The van der Waals surface area contributed by atoms with E-state index in [1.807, 2.05) is 0 Å². The summed E-state index contributed by atoms with van der Waals surface area (Å²) in [5, 5.41) is 7.48. The monoisotopic (exact) mass is 559 g/mol. The van der Waals surface area contributed by atoms with Crippen molar-refractivity contribution in [3.8, 4) is 0 Å². The molecule has 0 saturated carbocycles. The zero-order valence-corrected chi connectivity index (χ0v) is 22.3. The van der Waals surface area contributed by atoms with Gasteiger partial charge in [0.15, 0.2) is 11.0 Å². The molecule has 1 aromatic carbocycles. The molecule has 1 atom stereocenters. The molecule has 202 valence electrons. The van der Waals surface area contributed by atoms with E-state index in [1.165, 1.54) is 24.5 Å². The lowest BCUT2D eigenvalue weighted by Crippen LogP contribution is -2.44. The first kappa shape index (κ1) is 28.5. The minimum Gasteiger partial charge on any atom is -0.370 e. The van der Waals surface area contributed by atoms with Crippen LogP contribution in [0.25, 0.3) is 0 Å². The summed E-state index contributed by atoms with van der Waals surface area (Å²) in [6.45, 7) is 0.0216. The van der Waals surface area contributed by atoms with Gasteiger partial charge in [-0.2, -0.15) is 0 Å². The van der Waals surface area contributed by atoms with Crippen LogP contribution in [0, 0.1) is 0 Å². The number of anilines is 1. The number of thiazole rings is 1. The molecule has 1 amide bonds. The van der Waals surface area contributed by atoms with Gasteiger partial charge < -0.3 is 20.9 Å². The van der Waals surface area contributed by atoms with Gasteiger partial charge in [-0.3, -0.25) is 24.1 Å². The van der Waals surface area contributed by atoms with Crippen LogP contribution in [0.5, 0.6) is 0 Å². The number of nitrogens with two attached hydrogens (primary N) is 1. The lowest BCUT2D eigenvalue weighted by Gasteiger charge is -2.18. The number of sulfonamides is 1. The van der Waals surface area contributed by atoms with E-state index < -0.39 is 34.1 Å². The van der Waals surface area contributed by atoms with E-state index in [9.17, 15) is 22.8 Å². The zero-order chi connectivity index (χ0) is 27.5. The highest BCUT2D eigenvalue weighted by Gasteiger charge is 2.24. The van der Waals surface area contributed by atoms with Crippen molar-refractivity contribution < 1.29 is 18.0 Å². The van der Waals surface area contributed by atoms with Gasteiger partial charge in [-0.25, -0.2) is 13.4 Å². The fourth-order valence-electron chi connectivity index (χ4n) is 3.50. The van der Waals surface area contributed by atoms with Crippen LogP contribution < -0.4 is 26.6 Å². The molecule has 38 heavy (non-hydrogen) atoms. The van der Waals surface area contributed by atoms with Crippen LogP contribution in [0.3, 0.4) is 0 Å². The second-order valence-electron chi connectivity index (χ2n) is 8.20. The highest BCUT2D eigenvalue weighted by atomic mass is 32.2. The van der Waals surface area contributed by atoms with Crippen LogP contribution in [-0.4, -0.2) is 55.3 Å². The van der Waals surface area contributed by atoms with Crippen LogP contribution in [0.4, 0.5) is 5.69 Å². The van der Waals surface area contributed by atoms with Gasteiger partial charge in [0.05, 0.1) is 11.8 Å². The Morgan fingerprint density at radius 3 is 2.63 bits per heavy atom. The molecule has 3 rings (SSSR count). The molecule has 0 aliphatic heterocycles. The van der Waals surface area contributed by atoms with Gasteiger partial charge >= 0.3 is 0 Å². The van der Waals surface area contributed by atoms with Crippen LogP contribution in [-0.2, 0) is 27.1 Å². The second kappa shape index (κ2) is 13.5. The third kappa shape index (κ3) is 8.52. The van der Waals surface area contributed by atoms with Gasteiger partial charge in [0.1, 0.15) is 12.2 Å². The molecule has 3 aromatic rings. The summed E-state index contributed by atoms with van der Waals surface area (Å²) < 4.78 is 28.5. The van der Waals surface area contributed by atoms with Crippen molar-refractivity contribution >= 4 is 44.7 Å². The molecule has 0 saturated heterocycles. The van der Waals surface area contributed by atoms with Gasteiger partial charge in [-0.15, -0.1) is 11.3 Å². The van der Waals surface area contributed by atoms with E-state index in [0.717, 1.165) is 15.9 Å². The maximum atomic E-state index is 12.9. The summed E-state index contributed by atoms with van der Waals surface area (Å²) in [5.41, 5.74) is 5.30. The SMILES string of the molecule is CN=C(N)NCCC[C@H](NC(=O)Cn1cccc(NS(=O)(=O)Cc2ccccc2)c1=O)C(=O)c1nccs1. The van der Waals surface area contributed by atoms with Crippen LogP contribution in [0.1, 0.15) is 28.2 Å². The number of Topliss-reactive ketones (excluding diaryl/α,β-unsaturated/α-hetero) is 1. The predicted octanol–water partition coefficient (Wildman–Crippen LogP) is 0.929. The number of hydrogen-bond acceptors (Lipinski definition) is 8. The molecular weight excluding hydrogens is 530 g/mol. The molecule has 2 heterocycles. The number of benzene rings is 1. The molecule has 0 fully saturated rings. The Morgan fingerprint density at radius 2 is 1.95 bits per heavy atom. The molecular formula is C24H29N7O5S2. The number of ketones is 1. The largest absolute Gasteiger partial charge is 0.370 e. The maximum Gasteiger partial charge on any atom is 0.275 e. The smallest absolute Gasteiger partial charge is 0.275 e. The predicted molar refractivity (Wildman–Crippen MR) is 147 cm³/mol. The van der Waals surface area contributed by atoms with E-state index >= 15 is 0 Å². The zero-order valence-electron chi connectivity index (χ0n) is 20.7. The van der Waals surface area contributed by atoms with E-state index in [-0.39, 0.29) is 28.2 Å². The van der Waals surface area contributed by atoms with E-state index in [1.54, 1.807) is 42.8 Å². The Hall–Kier alpha value is -4.04.